The van der Waals surface area contributed by atoms with E-state index in [9.17, 15) is 13.2 Å². The Bertz CT molecular complexity index is 963. The van der Waals surface area contributed by atoms with Crippen LogP contribution in [0.4, 0.5) is 0 Å². The molecular weight excluding hydrogens is 372 g/mol. The van der Waals surface area contributed by atoms with Crippen LogP contribution in [0, 0.1) is 11.3 Å². The largest absolute Gasteiger partial charge is 0.332 e. The molecule has 0 heterocycles. The van der Waals surface area contributed by atoms with Gasteiger partial charge in [-0.15, -0.1) is 0 Å². The van der Waals surface area contributed by atoms with E-state index in [1.807, 2.05) is 13.8 Å². The van der Waals surface area contributed by atoms with Crippen LogP contribution in [0.3, 0.4) is 0 Å². The van der Waals surface area contributed by atoms with Crippen LogP contribution in [-0.4, -0.2) is 32.0 Å². The molecule has 0 bridgehead atoms. The third kappa shape index (κ3) is 4.24. The van der Waals surface area contributed by atoms with Crippen molar-refractivity contribution < 1.29 is 13.2 Å². The maximum atomic E-state index is 13.0. The molecule has 0 aliphatic heterocycles. The first-order valence-electron chi connectivity index (χ1n) is 7.99. The van der Waals surface area contributed by atoms with Gasteiger partial charge in [0.05, 0.1) is 33.2 Å². The van der Waals surface area contributed by atoms with Crippen molar-refractivity contribution in [1.82, 2.24) is 4.90 Å². The van der Waals surface area contributed by atoms with Crippen LogP contribution >= 0.6 is 11.6 Å². The standard InChI is InChI=1S/C19H19ClN2O3S/c1-4-22(13(2)15-7-5-14(12-21)6-8-15)19(23)17-11-16(26(3,24)25)9-10-18(17)20/h5-11,13H,4H2,1-3H3. The summed E-state index contributed by atoms with van der Waals surface area (Å²) >= 11 is 6.15. The highest BCUT2D eigenvalue weighted by Gasteiger charge is 2.24. The van der Waals surface area contributed by atoms with Gasteiger partial charge in [0.15, 0.2) is 9.84 Å². The number of hydrogen-bond acceptors (Lipinski definition) is 4. The van der Waals surface area contributed by atoms with E-state index >= 15 is 0 Å². The lowest BCUT2D eigenvalue weighted by atomic mass is 10.0. The van der Waals surface area contributed by atoms with Crippen LogP contribution in [0.2, 0.25) is 5.02 Å². The normalized spacial score (nSPS) is 12.3. The summed E-state index contributed by atoms with van der Waals surface area (Å²) < 4.78 is 23.6. The minimum Gasteiger partial charge on any atom is -0.332 e. The van der Waals surface area contributed by atoms with Gasteiger partial charge in [-0.05, 0) is 49.7 Å². The monoisotopic (exact) mass is 390 g/mol. The summed E-state index contributed by atoms with van der Waals surface area (Å²) in [6.07, 6.45) is 1.08. The van der Waals surface area contributed by atoms with Crippen LogP contribution in [0.15, 0.2) is 47.4 Å². The molecule has 0 N–H and O–H groups in total. The first-order valence-corrected chi connectivity index (χ1v) is 10.3. The smallest absolute Gasteiger partial charge is 0.255 e. The number of halogens is 1. The van der Waals surface area contributed by atoms with Gasteiger partial charge in [-0.2, -0.15) is 5.26 Å². The summed E-state index contributed by atoms with van der Waals surface area (Å²) in [4.78, 5) is 14.7. The second-order valence-corrected chi connectivity index (χ2v) is 8.34. The molecule has 0 spiro atoms. The molecule has 0 aromatic heterocycles. The predicted molar refractivity (Wildman–Crippen MR) is 101 cm³/mol. The molecule has 0 fully saturated rings. The van der Waals surface area contributed by atoms with E-state index in [0.717, 1.165) is 11.8 Å². The van der Waals surface area contributed by atoms with E-state index in [2.05, 4.69) is 6.07 Å². The van der Waals surface area contributed by atoms with Gasteiger partial charge in [0.2, 0.25) is 0 Å². The highest BCUT2D eigenvalue weighted by Crippen LogP contribution is 2.27. The van der Waals surface area contributed by atoms with Crippen LogP contribution in [0.5, 0.6) is 0 Å². The zero-order valence-corrected chi connectivity index (χ0v) is 16.3. The number of hydrogen-bond donors (Lipinski definition) is 0. The average molecular weight is 391 g/mol. The van der Waals surface area contributed by atoms with Crippen molar-refractivity contribution in [1.29, 1.82) is 5.26 Å². The summed E-state index contributed by atoms with van der Waals surface area (Å²) in [5.41, 5.74) is 1.56. The van der Waals surface area contributed by atoms with E-state index < -0.39 is 9.84 Å². The number of rotatable bonds is 5. The molecule has 2 rings (SSSR count). The Morgan fingerprint density at radius 3 is 2.35 bits per heavy atom. The minimum atomic E-state index is -3.45. The lowest BCUT2D eigenvalue weighted by Crippen LogP contribution is -2.33. The van der Waals surface area contributed by atoms with E-state index in [0.29, 0.717) is 12.1 Å². The van der Waals surface area contributed by atoms with Crippen LogP contribution in [0.1, 0.15) is 41.4 Å². The lowest BCUT2D eigenvalue weighted by Gasteiger charge is -2.29. The second kappa shape index (κ2) is 7.90. The number of carbonyl (C=O) groups is 1. The number of nitriles is 1. The zero-order chi connectivity index (χ0) is 19.5. The Balaban J connectivity index is 2.40. The molecular formula is C19H19ClN2O3S. The molecule has 1 unspecified atom stereocenters. The van der Waals surface area contributed by atoms with Gasteiger partial charge in [-0.3, -0.25) is 4.79 Å². The molecule has 0 saturated carbocycles. The maximum Gasteiger partial charge on any atom is 0.255 e. The Labute approximate surface area is 158 Å². The third-order valence-electron chi connectivity index (χ3n) is 4.19. The molecule has 0 aliphatic carbocycles. The third-order valence-corrected chi connectivity index (χ3v) is 5.63. The zero-order valence-electron chi connectivity index (χ0n) is 14.7. The van der Waals surface area contributed by atoms with Crippen molar-refractivity contribution >= 4 is 27.3 Å². The Morgan fingerprint density at radius 1 is 1.23 bits per heavy atom. The molecule has 26 heavy (non-hydrogen) atoms. The Hall–Kier alpha value is -2.36. The fourth-order valence-corrected chi connectivity index (χ4v) is 3.51. The van der Waals surface area contributed by atoms with Gasteiger partial charge in [0.25, 0.3) is 5.91 Å². The first kappa shape index (κ1) is 20.0. The summed E-state index contributed by atoms with van der Waals surface area (Å²) in [6.45, 7) is 4.13. The summed E-state index contributed by atoms with van der Waals surface area (Å²) in [7, 11) is -3.45. The second-order valence-electron chi connectivity index (χ2n) is 5.91. The number of sulfone groups is 1. The molecule has 2 aromatic rings. The molecule has 136 valence electrons. The number of benzene rings is 2. The molecule has 0 saturated heterocycles. The molecule has 5 nitrogen and oxygen atoms in total. The fourth-order valence-electron chi connectivity index (χ4n) is 2.66. The number of amides is 1. The van der Waals surface area contributed by atoms with E-state index in [4.69, 9.17) is 16.9 Å². The molecule has 1 atom stereocenters. The van der Waals surface area contributed by atoms with Gasteiger partial charge in [0, 0.05) is 12.8 Å². The number of carbonyl (C=O) groups excluding carboxylic acids is 1. The fraction of sp³-hybridized carbons (Fsp3) is 0.263. The Morgan fingerprint density at radius 2 is 1.85 bits per heavy atom. The van der Waals surface area contributed by atoms with Gasteiger partial charge in [-0.1, -0.05) is 23.7 Å². The van der Waals surface area contributed by atoms with Gasteiger partial charge in [0.1, 0.15) is 0 Å². The predicted octanol–water partition coefficient (Wildman–Crippen LogP) is 3.84. The van der Waals surface area contributed by atoms with Gasteiger partial charge >= 0.3 is 0 Å². The highest BCUT2D eigenvalue weighted by molar-refractivity contribution is 7.90. The highest BCUT2D eigenvalue weighted by atomic mass is 35.5. The molecule has 2 aromatic carbocycles. The van der Waals surface area contributed by atoms with Gasteiger partial charge in [-0.25, -0.2) is 8.42 Å². The van der Waals surface area contributed by atoms with Crippen molar-refractivity contribution in [2.75, 3.05) is 12.8 Å². The topological polar surface area (TPSA) is 78.2 Å². The Kier molecular flexibility index (Phi) is 6.06. The number of nitrogens with zero attached hydrogens (tertiary/aromatic N) is 2. The minimum absolute atomic E-state index is 0.0485. The van der Waals surface area contributed by atoms with Crippen LogP contribution in [0.25, 0.3) is 0 Å². The van der Waals surface area contributed by atoms with E-state index in [1.54, 1.807) is 29.2 Å². The summed E-state index contributed by atoms with van der Waals surface area (Å²) in [6, 6.07) is 12.9. The van der Waals surface area contributed by atoms with Crippen LogP contribution < -0.4 is 0 Å². The maximum absolute atomic E-state index is 13.0. The average Bonchev–Trinajstić information content (AvgIpc) is 2.61. The van der Waals surface area contributed by atoms with Crippen molar-refractivity contribution in [2.45, 2.75) is 24.8 Å². The van der Waals surface area contributed by atoms with E-state index in [1.165, 1.54) is 18.2 Å². The SMILES string of the molecule is CCN(C(=O)c1cc(S(C)(=O)=O)ccc1Cl)C(C)c1ccc(C#N)cc1. The molecule has 1 amide bonds. The summed E-state index contributed by atoms with van der Waals surface area (Å²) in [5.74, 6) is -0.347. The van der Waals surface area contributed by atoms with E-state index in [-0.39, 0.29) is 27.4 Å². The summed E-state index contributed by atoms with van der Waals surface area (Å²) in [5, 5.41) is 9.11. The lowest BCUT2D eigenvalue weighted by molar-refractivity contribution is 0.0702. The first-order chi connectivity index (χ1) is 12.2. The van der Waals surface area contributed by atoms with Crippen molar-refractivity contribution in [3.8, 4) is 6.07 Å². The quantitative estimate of drug-likeness (QED) is 0.777. The van der Waals surface area contributed by atoms with Gasteiger partial charge < -0.3 is 4.90 Å². The van der Waals surface area contributed by atoms with Crippen molar-refractivity contribution in [2.24, 2.45) is 0 Å². The molecule has 0 aliphatic rings. The molecule has 0 radical (unpaired) electrons. The molecule has 7 heteroatoms. The van der Waals surface area contributed by atoms with Crippen molar-refractivity contribution in [3.05, 3.63) is 64.2 Å². The van der Waals surface area contributed by atoms with Crippen molar-refractivity contribution in [3.63, 3.8) is 0 Å². The van der Waals surface area contributed by atoms with Crippen LogP contribution in [-0.2, 0) is 9.84 Å².